The Hall–Kier alpha value is -0.545. The summed E-state index contributed by atoms with van der Waals surface area (Å²) in [5, 5.41) is 1.27. The van der Waals surface area contributed by atoms with Crippen molar-refractivity contribution in [3.63, 3.8) is 0 Å². The molecule has 0 unspecified atom stereocenters. The van der Waals surface area contributed by atoms with Crippen LogP contribution in [0.15, 0.2) is 6.20 Å². The van der Waals surface area contributed by atoms with Crippen LogP contribution in [0.2, 0.25) is 0 Å². The van der Waals surface area contributed by atoms with Gasteiger partial charge in [0.2, 0.25) is 0 Å². The molecule has 1 aromatic heterocycles. The molecule has 1 aliphatic heterocycles. The molecule has 1 aliphatic rings. The summed E-state index contributed by atoms with van der Waals surface area (Å²) < 4.78 is 5.27. The van der Waals surface area contributed by atoms with Gasteiger partial charge >= 0.3 is 0 Å². The van der Waals surface area contributed by atoms with Gasteiger partial charge in [-0.25, -0.2) is 0 Å². The van der Waals surface area contributed by atoms with Crippen LogP contribution in [0, 0.1) is 0 Å². The van der Waals surface area contributed by atoms with E-state index in [0.29, 0.717) is 0 Å². The summed E-state index contributed by atoms with van der Waals surface area (Å²) in [7, 11) is 2.04. The molecule has 2 rings (SSSR count). The SMILES string of the molecule is Bc1ncc(N2CCOCC2)s1. The number of rotatable bonds is 1. The molecule has 2 heterocycles. The van der Waals surface area contributed by atoms with Crippen LogP contribution in [-0.2, 0) is 4.74 Å². The first kappa shape index (κ1) is 8.07. The molecule has 12 heavy (non-hydrogen) atoms. The Morgan fingerprint density at radius 2 is 2.25 bits per heavy atom. The van der Waals surface area contributed by atoms with Gasteiger partial charge in [0.1, 0.15) is 5.00 Å². The molecule has 64 valence electrons. The number of anilines is 1. The van der Waals surface area contributed by atoms with Crippen molar-refractivity contribution in [1.29, 1.82) is 0 Å². The summed E-state index contributed by atoms with van der Waals surface area (Å²) >= 11 is 1.75. The zero-order valence-corrected chi connectivity index (χ0v) is 7.93. The Bertz CT molecular complexity index is 260. The lowest BCUT2D eigenvalue weighted by atomic mass is 10.2. The fourth-order valence-electron chi connectivity index (χ4n) is 1.28. The monoisotopic (exact) mass is 182 g/mol. The third-order valence-electron chi connectivity index (χ3n) is 1.93. The molecule has 0 N–H and O–H groups in total. The molecular weight excluding hydrogens is 171 g/mol. The van der Waals surface area contributed by atoms with Crippen molar-refractivity contribution >= 4 is 29.1 Å². The van der Waals surface area contributed by atoms with E-state index in [1.165, 1.54) is 5.00 Å². The maximum atomic E-state index is 5.27. The third kappa shape index (κ3) is 1.62. The van der Waals surface area contributed by atoms with Crippen molar-refractivity contribution in [1.82, 2.24) is 4.98 Å². The average molecular weight is 182 g/mol. The van der Waals surface area contributed by atoms with Crippen molar-refractivity contribution < 1.29 is 4.74 Å². The Morgan fingerprint density at radius 3 is 2.83 bits per heavy atom. The Morgan fingerprint density at radius 1 is 1.50 bits per heavy atom. The lowest BCUT2D eigenvalue weighted by molar-refractivity contribution is 0.123. The topological polar surface area (TPSA) is 25.4 Å². The van der Waals surface area contributed by atoms with Gasteiger partial charge in [-0.2, -0.15) is 0 Å². The number of ether oxygens (including phenoxy) is 1. The second-order valence-corrected chi connectivity index (χ2v) is 4.03. The molecule has 0 bridgehead atoms. The summed E-state index contributed by atoms with van der Waals surface area (Å²) in [4.78, 5) is 7.69. The van der Waals surface area contributed by atoms with E-state index in [-0.39, 0.29) is 0 Å². The van der Waals surface area contributed by atoms with Gasteiger partial charge in [0.25, 0.3) is 0 Å². The molecule has 3 nitrogen and oxygen atoms in total. The number of aromatic nitrogens is 1. The van der Waals surface area contributed by atoms with Gasteiger partial charge in [-0.1, -0.05) is 0 Å². The van der Waals surface area contributed by atoms with Crippen LogP contribution in [0.3, 0.4) is 0 Å². The summed E-state index contributed by atoms with van der Waals surface area (Å²) in [5.41, 5.74) is 0. The van der Waals surface area contributed by atoms with Crippen molar-refractivity contribution in [3.05, 3.63) is 6.20 Å². The van der Waals surface area contributed by atoms with Crippen LogP contribution >= 0.6 is 11.3 Å². The summed E-state index contributed by atoms with van der Waals surface area (Å²) in [5.74, 6) is 0. The second-order valence-electron chi connectivity index (χ2n) is 2.82. The molecule has 0 amide bonds. The molecule has 1 saturated heterocycles. The van der Waals surface area contributed by atoms with Crippen LogP contribution in [0.25, 0.3) is 0 Å². The zero-order chi connectivity index (χ0) is 8.39. The van der Waals surface area contributed by atoms with Gasteiger partial charge in [0.05, 0.1) is 19.4 Å². The second kappa shape index (κ2) is 3.45. The van der Waals surface area contributed by atoms with E-state index in [1.807, 2.05) is 14.0 Å². The molecule has 0 saturated carbocycles. The van der Waals surface area contributed by atoms with E-state index in [0.717, 1.165) is 31.2 Å². The van der Waals surface area contributed by atoms with E-state index in [1.54, 1.807) is 11.3 Å². The molecule has 0 radical (unpaired) electrons. The van der Waals surface area contributed by atoms with Crippen molar-refractivity contribution in [2.24, 2.45) is 0 Å². The van der Waals surface area contributed by atoms with E-state index < -0.39 is 0 Å². The highest BCUT2D eigenvalue weighted by Crippen LogP contribution is 2.17. The maximum absolute atomic E-state index is 5.27. The largest absolute Gasteiger partial charge is 0.378 e. The minimum absolute atomic E-state index is 0.844. The van der Waals surface area contributed by atoms with Gasteiger partial charge in [-0.15, -0.1) is 11.3 Å². The van der Waals surface area contributed by atoms with Gasteiger partial charge in [0.15, 0.2) is 7.85 Å². The van der Waals surface area contributed by atoms with E-state index in [9.17, 15) is 0 Å². The number of morpholine rings is 1. The number of hydrogen-bond acceptors (Lipinski definition) is 4. The first-order chi connectivity index (χ1) is 5.86. The fourth-order valence-corrected chi connectivity index (χ4v) is 2.11. The van der Waals surface area contributed by atoms with E-state index in [2.05, 4.69) is 9.88 Å². The highest BCUT2D eigenvalue weighted by molar-refractivity contribution is 7.23. The highest BCUT2D eigenvalue weighted by Gasteiger charge is 2.12. The summed E-state index contributed by atoms with van der Waals surface area (Å²) in [6.07, 6.45) is 1.95. The van der Waals surface area contributed by atoms with Crippen molar-refractivity contribution in [3.8, 4) is 0 Å². The fraction of sp³-hybridized carbons (Fsp3) is 0.571. The van der Waals surface area contributed by atoms with E-state index in [4.69, 9.17) is 4.74 Å². The van der Waals surface area contributed by atoms with Crippen molar-refractivity contribution in [2.45, 2.75) is 0 Å². The Kier molecular flexibility index (Phi) is 2.32. The first-order valence-corrected chi connectivity index (χ1v) is 4.93. The minimum atomic E-state index is 0.844. The lowest BCUT2D eigenvalue weighted by Crippen LogP contribution is -2.35. The lowest BCUT2D eigenvalue weighted by Gasteiger charge is -2.26. The van der Waals surface area contributed by atoms with Gasteiger partial charge < -0.3 is 9.64 Å². The Balaban J connectivity index is 2.08. The molecule has 1 fully saturated rings. The molecule has 0 aromatic carbocycles. The summed E-state index contributed by atoms with van der Waals surface area (Å²) in [6.45, 7) is 3.69. The van der Waals surface area contributed by atoms with Gasteiger partial charge in [-0.05, 0) is 0 Å². The van der Waals surface area contributed by atoms with Crippen LogP contribution < -0.4 is 9.81 Å². The maximum Gasteiger partial charge on any atom is 0.177 e. The predicted octanol–water partition coefficient (Wildman–Crippen LogP) is -0.762. The molecule has 0 atom stereocenters. The minimum Gasteiger partial charge on any atom is -0.378 e. The molecular formula is C7H11BN2OS. The smallest absolute Gasteiger partial charge is 0.177 e. The van der Waals surface area contributed by atoms with Crippen LogP contribution in [-0.4, -0.2) is 39.1 Å². The zero-order valence-electron chi connectivity index (χ0n) is 7.12. The molecule has 0 aliphatic carbocycles. The number of nitrogens with zero attached hydrogens (tertiary/aromatic N) is 2. The molecule has 0 spiro atoms. The highest BCUT2D eigenvalue weighted by atomic mass is 32.1. The molecule has 5 heteroatoms. The summed E-state index contributed by atoms with van der Waals surface area (Å²) in [6, 6.07) is 0. The van der Waals surface area contributed by atoms with Crippen LogP contribution in [0.4, 0.5) is 5.00 Å². The molecule has 1 aromatic rings. The average Bonchev–Trinajstić information content (AvgIpc) is 2.54. The van der Waals surface area contributed by atoms with Crippen molar-refractivity contribution in [2.75, 3.05) is 31.2 Å². The number of thiazole rings is 1. The van der Waals surface area contributed by atoms with Crippen LogP contribution in [0.1, 0.15) is 0 Å². The van der Waals surface area contributed by atoms with Gasteiger partial charge in [-0.3, -0.25) is 4.98 Å². The normalized spacial score (nSPS) is 18.2. The first-order valence-electron chi connectivity index (χ1n) is 4.11. The van der Waals surface area contributed by atoms with Gasteiger partial charge in [0, 0.05) is 18.0 Å². The van der Waals surface area contributed by atoms with E-state index >= 15 is 0 Å². The quantitative estimate of drug-likeness (QED) is 0.533. The third-order valence-corrected chi connectivity index (χ3v) is 2.91. The Labute approximate surface area is 76.8 Å². The predicted molar refractivity (Wildman–Crippen MR) is 53.3 cm³/mol. The van der Waals surface area contributed by atoms with Crippen LogP contribution in [0.5, 0.6) is 0 Å². The standard InChI is InChI=1S/C7H11BN2OS/c8-7-9-5-6(12-7)10-1-3-11-4-2-10/h5H,1-4,8H2. The number of hydrogen-bond donors (Lipinski definition) is 0.